The lowest BCUT2D eigenvalue weighted by molar-refractivity contribution is 0.200. The normalized spacial score (nSPS) is 15.1. The summed E-state index contributed by atoms with van der Waals surface area (Å²) >= 11 is 0. The zero-order valence-corrected chi connectivity index (χ0v) is 20.4. The Labute approximate surface area is 203 Å². The quantitative estimate of drug-likeness (QED) is 0.222. The molecule has 2 saturated heterocycles. The molecule has 0 aromatic rings. The van der Waals surface area contributed by atoms with Crippen LogP contribution in [0.1, 0.15) is 25.7 Å². The zero-order chi connectivity index (χ0) is 25.0. The standard InChI is InChI=1S/C11H25N5O.C11H17N5O/c2*12-3-1-6-15(7-2-4-13)9-10-16-8-5-14-11(16)17/h1-10,12-13H2,(H,14,17);1-2,5-10H2,(H,14,17). The van der Waals surface area contributed by atoms with E-state index in [1.807, 2.05) is 4.90 Å². The summed E-state index contributed by atoms with van der Waals surface area (Å²) in [5, 5.41) is 22.6. The first-order chi connectivity index (χ1) is 16.5. The minimum Gasteiger partial charge on any atom is -0.336 e. The third-order valence-corrected chi connectivity index (χ3v) is 5.70. The van der Waals surface area contributed by atoms with Gasteiger partial charge in [-0.3, -0.25) is 4.90 Å². The van der Waals surface area contributed by atoms with Crippen LogP contribution in [0.25, 0.3) is 0 Å². The summed E-state index contributed by atoms with van der Waals surface area (Å²) in [7, 11) is 0. The van der Waals surface area contributed by atoms with E-state index in [0.29, 0.717) is 52.1 Å². The number of urea groups is 2. The van der Waals surface area contributed by atoms with Gasteiger partial charge in [-0.15, -0.1) is 0 Å². The van der Waals surface area contributed by atoms with Crippen LogP contribution in [0.15, 0.2) is 0 Å². The van der Waals surface area contributed by atoms with Gasteiger partial charge in [-0.05, 0) is 39.0 Å². The van der Waals surface area contributed by atoms with Crippen molar-refractivity contribution in [2.45, 2.75) is 25.7 Å². The van der Waals surface area contributed by atoms with Crippen molar-refractivity contribution in [2.75, 3.05) is 91.6 Å². The summed E-state index contributed by atoms with van der Waals surface area (Å²) in [4.78, 5) is 30.7. The SMILES string of the molecule is N#CCCN(CCC#N)CCN1CCNC1=O.NCCCN(CCCN)CCN1CCNC1=O. The van der Waals surface area contributed by atoms with Crippen LogP contribution in [-0.2, 0) is 0 Å². The molecule has 0 atom stereocenters. The van der Waals surface area contributed by atoms with Crippen LogP contribution < -0.4 is 22.1 Å². The fourth-order valence-electron chi connectivity index (χ4n) is 3.69. The zero-order valence-electron chi connectivity index (χ0n) is 20.4. The average molecular weight is 479 g/mol. The van der Waals surface area contributed by atoms with Gasteiger partial charge in [-0.2, -0.15) is 10.5 Å². The average Bonchev–Trinajstić information content (AvgIpc) is 3.45. The number of nitrogens with one attached hydrogen (secondary N) is 2. The minimum absolute atomic E-state index is 0.0227. The Balaban J connectivity index is 0.000000340. The molecule has 0 unspecified atom stereocenters. The summed E-state index contributed by atoms with van der Waals surface area (Å²) < 4.78 is 0. The number of carbonyl (C=O) groups excluding carboxylic acids is 2. The summed E-state index contributed by atoms with van der Waals surface area (Å²) in [5.41, 5.74) is 11.0. The molecule has 0 saturated carbocycles. The summed E-state index contributed by atoms with van der Waals surface area (Å²) in [6.07, 6.45) is 2.91. The predicted molar refractivity (Wildman–Crippen MR) is 131 cm³/mol. The molecular weight excluding hydrogens is 436 g/mol. The van der Waals surface area contributed by atoms with Gasteiger partial charge in [0.2, 0.25) is 0 Å². The Bertz CT molecular complexity index is 637. The van der Waals surface area contributed by atoms with E-state index in [9.17, 15) is 9.59 Å². The lowest BCUT2D eigenvalue weighted by Gasteiger charge is -2.24. The highest BCUT2D eigenvalue weighted by Crippen LogP contribution is 2.01. The maximum atomic E-state index is 11.4. The first-order valence-corrected chi connectivity index (χ1v) is 12.2. The number of hydrogen-bond donors (Lipinski definition) is 4. The fraction of sp³-hybridized carbons (Fsp3) is 0.818. The predicted octanol–water partition coefficient (Wildman–Crippen LogP) is -0.848. The number of nitrogens with zero attached hydrogens (tertiary/aromatic N) is 6. The van der Waals surface area contributed by atoms with Crippen LogP contribution in [0.2, 0.25) is 0 Å². The molecule has 192 valence electrons. The lowest BCUT2D eigenvalue weighted by atomic mass is 10.3. The monoisotopic (exact) mass is 478 g/mol. The molecule has 6 N–H and O–H groups in total. The van der Waals surface area contributed by atoms with Gasteiger partial charge < -0.3 is 36.8 Å². The summed E-state index contributed by atoms with van der Waals surface area (Å²) in [5.74, 6) is 0. The van der Waals surface area contributed by atoms with Gasteiger partial charge >= 0.3 is 12.1 Å². The van der Waals surface area contributed by atoms with Crippen molar-refractivity contribution in [1.29, 1.82) is 10.5 Å². The van der Waals surface area contributed by atoms with Crippen LogP contribution in [0.4, 0.5) is 9.59 Å². The maximum Gasteiger partial charge on any atom is 0.317 e. The second-order valence-electron chi connectivity index (χ2n) is 8.22. The van der Waals surface area contributed by atoms with Crippen molar-refractivity contribution >= 4 is 12.1 Å². The largest absolute Gasteiger partial charge is 0.336 e. The van der Waals surface area contributed by atoms with Crippen LogP contribution >= 0.6 is 0 Å². The Morgan fingerprint density at radius 2 is 1.15 bits per heavy atom. The number of carbonyl (C=O) groups is 2. The van der Waals surface area contributed by atoms with E-state index in [1.165, 1.54) is 0 Å². The lowest BCUT2D eigenvalue weighted by Crippen LogP contribution is -2.38. The summed E-state index contributed by atoms with van der Waals surface area (Å²) in [6.45, 7) is 10.8. The van der Waals surface area contributed by atoms with E-state index < -0.39 is 0 Å². The Hall–Kier alpha value is -2.64. The van der Waals surface area contributed by atoms with Gasteiger partial charge in [0.1, 0.15) is 0 Å². The highest BCUT2D eigenvalue weighted by atomic mass is 16.2. The molecule has 0 aromatic carbocycles. The van der Waals surface area contributed by atoms with Crippen molar-refractivity contribution < 1.29 is 9.59 Å². The Kier molecular flexibility index (Phi) is 16.2. The van der Waals surface area contributed by atoms with Gasteiger partial charge in [-0.25, -0.2) is 9.59 Å². The maximum absolute atomic E-state index is 11.4. The van der Waals surface area contributed by atoms with E-state index >= 15 is 0 Å². The molecule has 2 aliphatic heterocycles. The summed E-state index contributed by atoms with van der Waals surface area (Å²) in [6, 6.07) is 4.22. The molecule has 4 amide bonds. The van der Waals surface area contributed by atoms with Gasteiger partial charge in [0.25, 0.3) is 0 Å². The Morgan fingerprint density at radius 3 is 1.47 bits per heavy atom. The van der Waals surface area contributed by atoms with Gasteiger partial charge in [0.15, 0.2) is 0 Å². The van der Waals surface area contributed by atoms with E-state index in [1.54, 1.807) is 4.90 Å². The number of amides is 4. The van der Waals surface area contributed by atoms with Crippen molar-refractivity contribution in [2.24, 2.45) is 11.5 Å². The molecular formula is C22H42N10O2. The van der Waals surface area contributed by atoms with Crippen molar-refractivity contribution in [1.82, 2.24) is 30.2 Å². The molecule has 0 radical (unpaired) electrons. The van der Waals surface area contributed by atoms with Crippen molar-refractivity contribution in [3.8, 4) is 12.1 Å². The van der Waals surface area contributed by atoms with E-state index in [2.05, 4.69) is 32.6 Å². The molecule has 2 fully saturated rings. The van der Waals surface area contributed by atoms with Gasteiger partial charge in [-0.1, -0.05) is 0 Å². The third-order valence-electron chi connectivity index (χ3n) is 5.70. The molecule has 0 aromatic heterocycles. The molecule has 0 aliphatic carbocycles. The van der Waals surface area contributed by atoms with Crippen molar-refractivity contribution in [3.63, 3.8) is 0 Å². The molecule has 0 bridgehead atoms. The first kappa shape index (κ1) is 29.4. The first-order valence-electron chi connectivity index (χ1n) is 12.2. The molecule has 2 rings (SSSR count). The molecule has 12 heteroatoms. The number of hydrogen-bond acceptors (Lipinski definition) is 8. The number of nitriles is 2. The van der Waals surface area contributed by atoms with Crippen LogP contribution in [0.3, 0.4) is 0 Å². The molecule has 2 aliphatic rings. The van der Waals surface area contributed by atoms with E-state index in [4.69, 9.17) is 22.0 Å². The topological polar surface area (TPSA) is 171 Å². The van der Waals surface area contributed by atoms with Crippen LogP contribution in [0.5, 0.6) is 0 Å². The highest BCUT2D eigenvalue weighted by Gasteiger charge is 2.20. The van der Waals surface area contributed by atoms with Crippen molar-refractivity contribution in [3.05, 3.63) is 0 Å². The molecule has 2 heterocycles. The fourth-order valence-corrected chi connectivity index (χ4v) is 3.69. The van der Waals surface area contributed by atoms with Crippen LogP contribution in [-0.4, -0.2) is 123 Å². The minimum atomic E-state index is -0.0227. The van der Waals surface area contributed by atoms with Gasteiger partial charge in [0.05, 0.1) is 12.1 Å². The smallest absolute Gasteiger partial charge is 0.317 e. The molecule has 12 nitrogen and oxygen atoms in total. The molecule has 0 spiro atoms. The van der Waals surface area contributed by atoms with E-state index in [0.717, 1.165) is 65.2 Å². The van der Waals surface area contributed by atoms with Crippen LogP contribution in [0, 0.1) is 22.7 Å². The number of rotatable bonds is 16. The Morgan fingerprint density at radius 1 is 0.735 bits per heavy atom. The molecule has 34 heavy (non-hydrogen) atoms. The van der Waals surface area contributed by atoms with Gasteiger partial charge in [0, 0.05) is 78.3 Å². The van der Waals surface area contributed by atoms with E-state index in [-0.39, 0.29) is 12.1 Å². The second kappa shape index (κ2) is 18.7. The third kappa shape index (κ3) is 12.6. The highest BCUT2D eigenvalue weighted by molar-refractivity contribution is 5.76. The number of nitrogens with two attached hydrogens (primary N) is 2. The second-order valence-corrected chi connectivity index (χ2v) is 8.22.